The van der Waals surface area contributed by atoms with Gasteiger partial charge in [0, 0.05) is 10.9 Å². The molecule has 3 rings (SSSR count). The van der Waals surface area contributed by atoms with Crippen molar-refractivity contribution in [1.29, 1.82) is 0 Å². The minimum atomic E-state index is -0.313. The highest BCUT2D eigenvalue weighted by molar-refractivity contribution is 7.13. The molecule has 1 aromatic carbocycles. The van der Waals surface area contributed by atoms with Gasteiger partial charge in [-0.15, -0.1) is 11.3 Å². The van der Waals surface area contributed by atoms with Crippen molar-refractivity contribution in [2.45, 2.75) is 6.42 Å². The summed E-state index contributed by atoms with van der Waals surface area (Å²) in [4.78, 5) is 15.7. The van der Waals surface area contributed by atoms with E-state index < -0.39 is 0 Å². The molecule has 110 valence electrons. The Labute approximate surface area is 130 Å². The second-order valence-corrected chi connectivity index (χ2v) is 5.64. The van der Waals surface area contributed by atoms with Gasteiger partial charge >= 0.3 is 5.97 Å². The van der Waals surface area contributed by atoms with Crippen LogP contribution in [-0.2, 0) is 16.0 Å². The minimum Gasteiger partial charge on any atom is -0.486 e. The lowest BCUT2D eigenvalue weighted by atomic mass is 10.2. The van der Waals surface area contributed by atoms with Crippen molar-refractivity contribution in [3.63, 3.8) is 0 Å². The molecule has 1 aromatic heterocycles. The van der Waals surface area contributed by atoms with Gasteiger partial charge in [-0.05, 0) is 12.1 Å². The Morgan fingerprint density at radius 3 is 3.05 bits per heavy atom. The van der Waals surface area contributed by atoms with E-state index in [1.54, 1.807) is 6.07 Å². The topological polar surface area (TPSA) is 57.7 Å². The number of rotatable bonds is 3. The molecule has 0 bridgehead atoms. The first-order valence-electron chi connectivity index (χ1n) is 6.28. The highest BCUT2D eigenvalue weighted by Gasteiger charge is 2.18. The third kappa shape index (κ3) is 2.96. The predicted octanol–water partition coefficient (Wildman–Crippen LogP) is 2.95. The Hall–Kier alpha value is -1.79. The summed E-state index contributed by atoms with van der Waals surface area (Å²) in [6.07, 6.45) is 0.158. The van der Waals surface area contributed by atoms with E-state index in [1.807, 2.05) is 11.4 Å². The van der Waals surface area contributed by atoms with Crippen molar-refractivity contribution in [2.75, 3.05) is 20.3 Å². The molecule has 0 aliphatic carbocycles. The molecule has 0 radical (unpaired) electrons. The van der Waals surface area contributed by atoms with Crippen LogP contribution in [-0.4, -0.2) is 31.3 Å². The number of benzene rings is 1. The molecule has 1 aliphatic rings. The van der Waals surface area contributed by atoms with Crippen molar-refractivity contribution in [2.24, 2.45) is 0 Å². The van der Waals surface area contributed by atoms with Crippen LogP contribution in [0.25, 0.3) is 10.6 Å². The molecular formula is C14H12ClNO4S. The summed E-state index contributed by atoms with van der Waals surface area (Å²) in [6.45, 7) is 0.991. The van der Waals surface area contributed by atoms with E-state index >= 15 is 0 Å². The molecule has 21 heavy (non-hydrogen) atoms. The molecule has 0 atom stereocenters. The Kier molecular flexibility index (Phi) is 3.98. The van der Waals surface area contributed by atoms with Gasteiger partial charge in [-0.1, -0.05) is 11.6 Å². The maximum atomic E-state index is 11.3. The number of methoxy groups -OCH3 is 1. The fourth-order valence-electron chi connectivity index (χ4n) is 1.98. The Morgan fingerprint density at radius 2 is 2.24 bits per heavy atom. The summed E-state index contributed by atoms with van der Waals surface area (Å²) in [6, 6.07) is 3.64. The number of nitrogens with zero attached hydrogens (tertiary/aromatic N) is 1. The molecular weight excluding hydrogens is 314 g/mol. The number of hydrogen-bond donors (Lipinski definition) is 0. The van der Waals surface area contributed by atoms with Crippen LogP contribution in [0.1, 0.15) is 5.69 Å². The Balaban J connectivity index is 1.90. The van der Waals surface area contributed by atoms with Crippen molar-refractivity contribution < 1.29 is 19.0 Å². The molecule has 0 fully saturated rings. The minimum absolute atomic E-state index is 0.158. The number of esters is 1. The third-order valence-electron chi connectivity index (χ3n) is 2.95. The van der Waals surface area contributed by atoms with Crippen LogP contribution < -0.4 is 9.47 Å². The summed E-state index contributed by atoms with van der Waals surface area (Å²) in [7, 11) is 1.36. The quantitative estimate of drug-likeness (QED) is 0.812. The molecule has 0 spiro atoms. The third-order valence-corrected chi connectivity index (χ3v) is 4.17. The number of ether oxygens (including phenoxy) is 3. The largest absolute Gasteiger partial charge is 0.486 e. The van der Waals surface area contributed by atoms with Crippen LogP contribution >= 0.6 is 22.9 Å². The normalized spacial score (nSPS) is 13.0. The maximum absolute atomic E-state index is 11.3. The molecule has 2 heterocycles. The second kappa shape index (κ2) is 5.91. The molecule has 1 aliphatic heterocycles. The van der Waals surface area contributed by atoms with Gasteiger partial charge in [0.2, 0.25) is 0 Å². The van der Waals surface area contributed by atoms with Gasteiger partial charge in [0.1, 0.15) is 18.2 Å². The van der Waals surface area contributed by atoms with E-state index in [2.05, 4.69) is 9.72 Å². The van der Waals surface area contributed by atoms with Gasteiger partial charge in [-0.3, -0.25) is 4.79 Å². The van der Waals surface area contributed by atoms with E-state index in [-0.39, 0.29) is 12.4 Å². The smallest absolute Gasteiger partial charge is 0.311 e. The molecule has 0 amide bonds. The zero-order valence-electron chi connectivity index (χ0n) is 11.2. The molecule has 0 N–H and O–H groups in total. The van der Waals surface area contributed by atoms with Gasteiger partial charge in [0.15, 0.2) is 11.5 Å². The monoisotopic (exact) mass is 325 g/mol. The van der Waals surface area contributed by atoms with Crippen LogP contribution in [0, 0.1) is 0 Å². The van der Waals surface area contributed by atoms with Crippen molar-refractivity contribution in [1.82, 2.24) is 4.98 Å². The lowest BCUT2D eigenvalue weighted by Gasteiger charge is -2.19. The first kappa shape index (κ1) is 14.2. The fourth-order valence-corrected chi connectivity index (χ4v) is 3.05. The second-order valence-electron chi connectivity index (χ2n) is 4.38. The van der Waals surface area contributed by atoms with Gasteiger partial charge in [0.05, 0.1) is 24.2 Å². The highest BCUT2D eigenvalue weighted by Crippen LogP contribution is 2.41. The predicted molar refractivity (Wildman–Crippen MR) is 79.3 cm³/mol. The number of carbonyl (C=O) groups excluding carboxylic acids is 1. The van der Waals surface area contributed by atoms with E-state index in [0.717, 1.165) is 10.6 Å². The molecule has 0 unspecified atom stereocenters. The lowest BCUT2D eigenvalue weighted by molar-refractivity contribution is -0.139. The Morgan fingerprint density at radius 1 is 1.43 bits per heavy atom. The van der Waals surface area contributed by atoms with E-state index in [0.29, 0.717) is 35.4 Å². The highest BCUT2D eigenvalue weighted by atomic mass is 35.5. The van der Waals surface area contributed by atoms with Crippen LogP contribution in [0.15, 0.2) is 17.5 Å². The van der Waals surface area contributed by atoms with Crippen LogP contribution in [0.3, 0.4) is 0 Å². The van der Waals surface area contributed by atoms with E-state index in [1.165, 1.54) is 18.4 Å². The first-order chi connectivity index (χ1) is 10.2. The molecule has 5 nitrogen and oxygen atoms in total. The van der Waals surface area contributed by atoms with Crippen LogP contribution in [0.5, 0.6) is 11.5 Å². The molecule has 0 saturated carbocycles. The summed E-state index contributed by atoms with van der Waals surface area (Å²) in [5.74, 6) is 0.874. The van der Waals surface area contributed by atoms with Gasteiger partial charge < -0.3 is 14.2 Å². The number of fused-ring (bicyclic) bond motifs is 1. The Bertz CT molecular complexity index is 686. The molecule has 7 heteroatoms. The molecule has 2 aromatic rings. The number of carbonyl (C=O) groups is 1. The lowest BCUT2D eigenvalue weighted by Crippen LogP contribution is -2.15. The van der Waals surface area contributed by atoms with Crippen molar-refractivity contribution >= 4 is 28.9 Å². The summed E-state index contributed by atoms with van der Waals surface area (Å²) >= 11 is 7.65. The van der Waals surface area contributed by atoms with Crippen LogP contribution in [0.4, 0.5) is 0 Å². The van der Waals surface area contributed by atoms with E-state index in [4.69, 9.17) is 21.1 Å². The van der Waals surface area contributed by atoms with Gasteiger partial charge in [-0.25, -0.2) is 4.98 Å². The number of aromatic nitrogens is 1. The summed E-state index contributed by atoms with van der Waals surface area (Å²) < 4.78 is 15.7. The molecule has 0 saturated heterocycles. The van der Waals surface area contributed by atoms with Gasteiger partial charge in [-0.2, -0.15) is 0 Å². The zero-order chi connectivity index (χ0) is 14.8. The average Bonchev–Trinajstić information content (AvgIpc) is 2.95. The maximum Gasteiger partial charge on any atom is 0.311 e. The SMILES string of the molecule is COC(=O)Cc1csc(-c2cc(Cl)c3c(c2)OCCO3)n1. The standard InChI is InChI=1S/C14H12ClNO4S/c1-18-12(17)6-9-7-21-14(16-9)8-4-10(15)13-11(5-8)19-2-3-20-13/h4-5,7H,2-3,6H2,1H3. The number of hydrogen-bond acceptors (Lipinski definition) is 6. The van der Waals surface area contributed by atoms with E-state index in [9.17, 15) is 4.79 Å². The number of thiazole rings is 1. The first-order valence-corrected chi connectivity index (χ1v) is 7.54. The average molecular weight is 326 g/mol. The van der Waals surface area contributed by atoms with Gasteiger partial charge in [0.25, 0.3) is 0 Å². The van der Waals surface area contributed by atoms with Crippen molar-refractivity contribution in [3.8, 4) is 22.1 Å². The zero-order valence-corrected chi connectivity index (χ0v) is 12.8. The van der Waals surface area contributed by atoms with Crippen molar-refractivity contribution in [3.05, 3.63) is 28.2 Å². The summed E-state index contributed by atoms with van der Waals surface area (Å²) in [5.41, 5.74) is 1.51. The fraction of sp³-hybridized carbons (Fsp3) is 0.286. The number of halogens is 1. The van der Waals surface area contributed by atoms with Crippen LogP contribution in [0.2, 0.25) is 5.02 Å². The summed E-state index contributed by atoms with van der Waals surface area (Å²) in [5, 5.41) is 3.09.